The summed E-state index contributed by atoms with van der Waals surface area (Å²) in [5.74, 6) is 0.344. The molecule has 5 heteroatoms. The van der Waals surface area contributed by atoms with Gasteiger partial charge in [-0.15, -0.1) is 0 Å². The van der Waals surface area contributed by atoms with Gasteiger partial charge in [-0.3, -0.25) is 9.59 Å². The average Bonchev–Trinajstić information content (AvgIpc) is 3.07. The summed E-state index contributed by atoms with van der Waals surface area (Å²) in [5, 5.41) is 9.49. The third kappa shape index (κ3) is 2.69. The van der Waals surface area contributed by atoms with Crippen LogP contribution in [0.25, 0.3) is 0 Å². The Bertz CT molecular complexity index is 643. The predicted octanol–water partition coefficient (Wildman–Crippen LogP) is 2.18. The molecule has 0 aromatic heterocycles. The summed E-state index contributed by atoms with van der Waals surface area (Å²) in [4.78, 5) is 29.2. The van der Waals surface area contributed by atoms with E-state index in [0.29, 0.717) is 18.7 Å². The lowest BCUT2D eigenvalue weighted by Gasteiger charge is -2.24. The number of carbonyl (C=O) groups excluding carboxylic acids is 2. The average molecular weight is 316 g/mol. The van der Waals surface area contributed by atoms with Gasteiger partial charge in [-0.25, -0.2) is 0 Å². The molecular weight excluding hydrogens is 292 g/mol. The van der Waals surface area contributed by atoms with Gasteiger partial charge in [-0.1, -0.05) is 6.92 Å². The van der Waals surface area contributed by atoms with Crippen molar-refractivity contribution in [3.8, 4) is 5.75 Å². The maximum Gasteiger partial charge on any atom is 0.254 e. The van der Waals surface area contributed by atoms with E-state index < -0.39 is 0 Å². The monoisotopic (exact) mass is 316 g/mol. The van der Waals surface area contributed by atoms with E-state index in [-0.39, 0.29) is 23.0 Å². The molecule has 0 radical (unpaired) electrons. The number of carbonyl (C=O) groups is 2. The van der Waals surface area contributed by atoms with Crippen LogP contribution in [-0.4, -0.2) is 52.9 Å². The van der Waals surface area contributed by atoms with Crippen LogP contribution in [0, 0.1) is 12.3 Å². The van der Waals surface area contributed by atoms with Crippen LogP contribution in [-0.2, 0) is 4.79 Å². The first-order chi connectivity index (χ1) is 11.0. The summed E-state index contributed by atoms with van der Waals surface area (Å²) in [5.41, 5.74) is 1.01. The highest BCUT2D eigenvalue weighted by Gasteiger charge is 2.51. The number of aromatic hydroxyl groups is 1. The number of phenols is 1. The second-order valence-corrected chi connectivity index (χ2v) is 6.80. The zero-order chi connectivity index (χ0) is 16.6. The summed E-state index contributed by atoms with van der Waals surface area (Å²) in [6.07, 6.45) is 2.58. The van der Waals surface area contributed by atoms with Gasteiger partial charge in [-0.2, -0.15) is 0 Å². The molecule has 0 saturated carbocycles. The normalized spacial score (nSPS) is 24.0. The van der Waals surface area contributed by atoms with E-state index in [4.69, 9.17) is 0 Å². The first-order valence-corrected chi connectivity index (χ1v) is 8.35. The Balaban J connectivity index is 1.75. The molecule has 1 unspecified atom stereocenters. The van der Waals surface area contributed by atoms with Crippen LogP contribution in [0.5, 0.6) is 5.75 Å². The molecule has 1 aromatic rings. The molecule has 3 rings (SSSR count). The van der Waals surface area contributed by atoms with Crippen LogP contribution >= 0.6 is 0 Å². The van der Waals surface area contributed by atoms with Crippen LogP contribution in [0.1, 0.15) is 42.1 Å². The second kappa shape index (κ2) is 5.87. The highest BCUT2D eigenvalue weighted by Crippen LogP contribution is 2.41. The highest BCUT2D eigenvalue weighted by atomic mass is 16.3. The number of hydrogen-bond acceptors (Lipinski definition) is 3. The topological polar surface area (TPSA) is 60.9 Å². The van der Waals surface area contributed by atoms with Gasteiger partial charge in [0.15, 0.2) is 0 Å². The summed E-state index contributed by atoms with van der Waals surface area (Å²) in [7, 11) is 0. The number of rotatable bonds is 3. The van der Waals surface area contributed by atoms with E-state index in [2.05, 4.69) is 6.92 Å². The highest BCUT2D eigenvalue weighted by molar-refractivity contribution is 5.97. The SMILES string of the molecule is CCCN1CCC2(CCN(C(=O)c3ccc(O)cc3C)C2)C1=O. The minimum Gasteiger partial charge on any atom is -0.508 e. The zero-order valence-electron chi connectivity index (χ0n) is 13.8. The fraction of sp³-hybridized carbons (Fsp3) is 0.556. The van der Waals surface area contributed by atoms with E-state index >= 15 is 0 Å². The van der Waals surface area contributed by atoms with Crippen LogP contribution in [0.15, 0.2) is 18.2 Å². The van der Waals surface area contributed by atoms with Crippen molar-refractivity contribution in [1.82, 2.24) is 9.80 Å². The van der Waals surface area contributed by atoms with Crippen LogP contribution in [0.4, 0.5) is 0 Å². The van der Waals surface area contributed by atoms with E-state index in [0.717, 1.165) is 37.9 Å². The quantitative estimate of drug-likeness (QED) is 0.930. The predicted molar refractivity (Wildman–Crippen MR) is 87.3 cm³/mol. The number of aryl methyl sites for hydroxylation is 1. The summed E-state index contributed by atoms with van der Waals surface area (Å²) < 4.78 is 0. The van der Waals surface area contributed by atoms with Gasteiger partial charge in [0.25, 0.3) is 5.91 Å². The van der Waals surface area contributed by atoms with Gasteiger partial charge in [-0.05, 0) is 49.9 Å². The molecule has 1 spiro atoms. The van der Waals surface area contributed by atoms with Crippen molar-refractivity contribution in [2.45, 2.75) is 33.1 Å². The number of benzene rings is 1. The van der Waals surface area contributed by atoms with Crippen molar-refractivity contribution < 1.29 is 14.7 Å². The lowest BCUT2D eigenvalue weighted by atomic mass is 9.85. The first kappa shape index (κ1) is 15.8. The van der Waals surface area contributed by atoms with Crippen molar-refractivity contribution in [3.63, 3.8) is 0 Å². The fourth-order valence-corrected chi connectivity index (χ4v) is 3.86. The van der Waals surface area contributed by atoms with Gasteiger partial charge >= 0.3 is 0 Å². The molecular formula is C18H24N2O3. The van der Waals surface area contributed by atoms with Crippen molar-refractivity contribution in [2.24, 2.45) is 5.41 Å². The minimum atomic E-state index is -0.365. The van der Waals surface area contributed by atoms with E-state index in [9.17, 15) is 14.7 Å². The molecule has 1 aromatic carbocycles. The Morgan fingerprint density at radius 1 is 1.30 bits per heavy atom. The molecule has 2 aliphatic rings. The molecule has 2 fully saturated rings. The first-order valence-electron chi connectivity index (χ1n) is 8.35. The van der Waals surface area contributed by atoms with Crippen LogP contribution in [0.2, 0.25) is 0 Å². The van der Waals surface area contributed by atoms with Gasteiger partial charge in [0, 0.05) is 31.7 Å². The summed E-state index contributed by atoms with van der Waals surface area (Å²) >= 11 is 0. The number of likely N-dealkylation sites (tertiary alicyclic amines) is 2. The summed E-state index contributed by atoms with van der Waals surface area (Å²) in [6.45, 7) is 6.67. The summed E-state index contributed by atoms with van der Waals surface area (Å²) in [6, 6.07) is 4.80. The molecule has 5 nitrogen and oxygen atoms in total. The van der Waals surface area contributed by atoms with Gasteiger partial charge < -0.3 is 14.9 Å². The molecule has 1 atom stereocenters. The number of phenolic OH excluding ortho intramolecular Hbond substituents is 1. The van der Waals surface area contributed by atoms with Crippen molar-refractivity contribution in [3.05, 3.63) is 29.3 Å². The molecule has 2 aliphatic heterocycles. The molecule has 0 aliphatic carbocycles. The lowest BCUT2D eigenvalue weighted by molar-refractivity contribution is -0.135. The zero-order valence-corrected chi connectivity index (χ0v) is 13.8. The lowest BCUT2D eigenvalue weighted by Crippen LogP contribution is -2.38. The third-order valence-electron chi connectivity index (χ3n) is 5.18. The molecule has 2 heterocycles. The number of hydrogen-bond donors (Lipinski definition) is 1. The van der Waals surface area contributed by atoms with Gasteiger partial charge in [0.05, 0.1) is 5.41 Å². The third-order valence-corrected chi connectivity index (χ3v) is 5.18. The largest absolute Gasteiger partial charge is 0.508 e. The van der Waals surface area contributed by atoms with Crippen molar-refractivity contribution in [1.29, 1.82) is 0 Å². The van der Waals surface area contributed by atoms with Gasteiger partial charge in [0.1, 0.15) is 5.75 Å². The molecule has 0 bridgehead atoms. The van der Waals surface area contributed by atoms with Gasteiger partial charge in [0.2, 0.25) is 5.91 Å². The Labute approximate surface area is 136 Å². The smallest absolute Gasteiger partial charge is 0.254 e. The number of nitrogens with zero attached hydrogens (tertiary/aromatic N) is 2. The maximum atomic E-state index is 12.8. The Hall–Kier alpha value is -2.04. The fourth-order valence-electron chi connectivity index (χ4n) is 3.86. The Kier molecular flexibility index (Phi) is 4.04. The molecule has 2 saturated heterocycles. The standard InChI is InChI=1S/C18H24N2O3/c1-3-8-19-9-6-18(17(19)23)7-10-20(12-18)16(22)15-5-4-14(21)11-13(15)2/h4-5,11,21H,3,6-10,12H2,1-2H3. The molecule has 23 heavy (non-hydrogen) atoms. The van der Waals surface area contributed by atoms with Crippen LogP contribution in [0.3, 0.4) is 0 Å². The van der Waals surface area contributed by atoms with Crippen molar-refractivity contribution in [2.75, 3.05) is 26.2 Å². The Morgan fingerprint density at radius 3 is 2.74 bits per heavy atom. The van der Waals surface area contributed by atoms with Crippen molar-refractivity contribution >= 4 is 11.8 Å². The second-order valence-electron chi connectivity index (χ2n) is 6.80. The van der Waals surface area contributed by atoms with E-state index in [1.807, 2.05) is 11.8 Å². The van der Waals surface area contributed by atoms with E-state index in [1.54, 1.807) is 17.0 Å². The Morgan fingerprint density at radius 2 is 2.04 bits per heavy atom. The van der Waals surface area contributed by atoms with Crippen LogP contribution < -0.4 is 0 Å². The maximum absolute atomic E-state index is 12.8. The minimum absolute atomic E-state index is 0.0406. The molecule has 1 N–H and O–H groups in total. The van der Waals surface area contributed by atoms with E-state index in [1.165, 1.54) is 6.07 Å². The molecule has 124 valence electrons. The number of amides is 2. The molecule has 2 amide bonds.